The van der Waals surface area contributed by atoms with Gasteiger partial charge in [0.2, 0.25) is 0 Å². The lowest BCUT2D eigenvalue weighted by Gasteiger charge is -1.91. The van der Waals surface area contributed by atoms with Crippen molar-refractivity contribution in [1.82, 2.24) is 0 Å². The third kappa shape index (κ3) is 7.40. The molecule has 0 atom stereocenters. The van der Waals surface area contributed by atoms with Crippen LogP contribution in [0.4, 0.5) is 0 Å². The van der Waals surface area contributed by atoms with Crippen molar-refractivity contribution in [3.63, 3.8) is 0 Å². The van der Waals surface area contributed by atoms with Gasteiger partial charge in [0.25, 0.3) is 0 Å². The van der Waals surface area contributed by atoms with Gasteiger partial charge in [0.1, 0.15) is 0 Å². The number of esters is 1. The van der Waals surface area contributed by atoms with Crippen molar-refractivity contribution in [2.75, 3.05) is 13.0 Å². The van der Waals surface area contributed by atoms with E-state index in [9.17, 15) is 4.79 Å². The first-order valence-electron chi connectivity index (χ1n) is 3.61. The minimum atomic E-state index is -0.295. The Morgan fingerprint density at radius 2 is 2.27 bits per heavy atom. The number of carbonyl (C=O) groups excluding carboxylic acids is 1. The number of hydrogen-bond donors (Lipinski definition) is 0. The summed E-state index contributed by atoms with van der Waals surface area (Å²) in [7, 11) is 1.37. The van der Waals surface area contributed by atoms with Gasteiger partial charge >= 0.3 is 5.97 Å². The predicted molar refractivity (Wildman–Crippen MR) is 45.7 cm³/mol. The molecule has 0 rings (SSSR count). The quantitative estimate of drug-likeness (QED) is 0.278. The molecule has 0 aliphatic rings. The topological polar surface area (TPSA) is 26.3 Å². The fourth-order valence-corrected chi connectivity index (χ4v) is 0.793. The van der Waals surface area contributed by atoms with Gasteiger partial charge in [0, 0.05) is 12.0 Å². The molecular weight excluding hydrogens is 164 g/mol. The Balaban J connectivity index is 3.22. The van der Waals surface area contributed by atoms with Crippen LogP contribution in [0, 0.1) is 0 Å². The molecule has 0 radical (unpaired) electrons. The van der Waals surface area contributed by atoms with Crippen LogP contribution in [0.1, 0.15) is 19.3 Å². The van der Waals surface area contributed by atoms with E-state index in [1.54, 1.807) is 6.08 Å². The maximum Gasteiger partial charge on any atom is 0.330 e. The Labute approximate surface area is 72.2 Å². The smallest absolute Gasteiger partial charge is 0.330 e. The molecule has 0 amide bonds. The van der Waals surface area contributed by atoms with E-state index in [2.05, 4.69) is 4.74 Å². The number of methoxy groups -OCH3 is 1. The number of alkyl halides is 1. The molecule has 0 aromatic heterocycles. The number of unbranched alkanes of at least 4 members (excludes halogenated alkanes) is 2. The Bertz CT molecular complexity index is 132. The third-order valence-corrected chi connectivity index (χ3v) is 1.48. The van der Waals surface area contributed by atoms with E-state index in [1.165, 1.54) is 13.2 Å². The van der Waals surface area contributed by atoms with Crippen molar-refractivity contribution in [3.8, 4) is 0 Å². The molecule has 0 saturated heterocycles. The van der Waals surface area contributed by atoms with E-state index < -0.39 is 0 Å². The summed E-state index contributed by atoms with van der Waals surface area (Å²) in [5.41, 5.74) is 0. The van der Waals surface area contributed by atoms with Gasteiger partial charge in [0.15, 0.2) is 0 Å². The zero-order valence-electron chi connectivity index (χ0n) is 6.68. The van der Waals surface area contributed by atoms with Gasteiger partial charge in [-0.2, -0.15) is 0 Å². The number of allylic oxidation sites excluding steroid dienone is 1. The van der Waals surface area contributed by atoms with Crippen molar-refractivity contribution in [2.45, 2.75) is 19.3 Å². The largest absolute Gasteiger partial charge is 0.466 e. The molecule has 11 heavy (non-hydrogen) atoms. The normalized spacial score (nSPS) is 10.4. The minimum absolute atomic E-state index is 0.295. The molecule has 0 aromatic rings. The summed E-state index contributed by atoms with van der Waals surface area (Å²) in [6.07, 6.45) is 6.15. The minimum Gasteiger partial charge on any atom is -0.466 e. The predicted octanol–water partition coefficient (Wildman–Crippen LogP) is 2.12. The van der Waals surface area contributed by atoms with Gasteiger partial charge in [0.05, 0.1) is 7.11 Å². The molecule has 0 spiro atoms. The molecule has 0 aliphatic carbocycles. The highest BCUT2D eigenvalue weighted by molar-refractivity contribution is 6.17. The SMILES string of the molecule is COC(=O)/C=C/CCCCCl. The summed E-state index contributed by atoms with van der Waals surface area (Å²) in [4.78, 5) is 10.5. The summed E-state index contributed by atoms with van der Waals surface area (Å²) >= 11 is 5.45. The van der Waals surface area contributed by atoms with Crippen LogP contribution in [0.25, 0.3) is 0 Å². The second-order valence-corrected chi connectivity index (χ2v) is 2.49. The van der Waals surface area contributed by atoms with E-state index in [0.717, 1.165) is 19.3 Å². The second-order valence-electron chi connectivity index (χ2n) is 2.11. The van der Waals surface area contributed by atoms with Crippen LogP contribution in [-0.2, 0) is 9.53 Å². The molecule has 0 heterocycles. The molecule has 64 valence electrons. The van der Waals surface area contributed by atoms with Gasteiger partial charge in [-0.05, 0) is 19.3 Å². The Morgan fingerprint density at radius 1 is 1.55 bits per heavy atom. The highest BCUT2D eigenvalue weighted by Crippen LogP contribution is 1.97. The van der Waals surface area contributed by atoms with Crippen molar-refractivity contribution >= 4 is 17.6 Å². The van der Waals surface area contributed by atoms with E-state index in [-0.39, 0.29) is 5.97 Å². The lowest BCUT2D eigenvalue weighted by Crippen LogP contribution is -1.93. The molecular formula is C8H13ClO2. The molecule has 0 aromatic carbocycles. The molecule has 0 N–H and O–H groups in total. The zero-order valence-corrected chi connectivity index (χ0v) is 7.43. The number of halogens is 1. The molecule has 0 fully saturated rings. The first-order valence-corrected chi connectivity index (χ1v) is 4.15. The van der Waals surface area contributed by atoms with E-state index in [1.807, 2.05) is 0 Å². The average Bonchev–Trinajstić information content (AvgIpc) is 2.04. The summed E-state index contributed by atoms with van der Waals surface area (Å²) in [6.45, 7) is 0. The summed E-state index contributed by atoms with van der Waals surface area (Å²) in [6, 6.07) is 0. The average molecular weight is 177 g/mol. The molecule has 0 bridgehead atoms. The molecule has 2 nitrogen and oxygen atoms in total. The Morgan fingerprint density at radius 3 is 2.82 bits per heavy atom. The summed E-state index contributed by atoms with van der Waals surface area (Å²) in [5.74, 6) is 0.391. The molecule has 3 heteroatoms. The number of carbonyl (C=O) groups is 1. The maximum absolute atomic E-state index is 10.5. The van der Waals surface area contributed by atoms with Gasteiger partial charge in [-0.3, -0.25) is 0 Å². The second kappa shape index (κ2) is 7.61. The van der Waals surface area contributed by atoms with Crippen molar-refractivity contribution in [2.24, 2.45) is 0 Å². The number of ether oxygens (including phenoxy) is 1. The molecule has 0 unspecified atom stereocenters. The van der Waals surface area contributed by atoms with Crippen LogP contribution in [0.5, 0.6) is 0 Å². The van der Waals surface area contributed by atoms with Crippen LogP contribution in [0.3, 0.4) is 0 Å². The van der Waals surface area contributed by atoms with Crippen LogP contribution < -0.4 is 0 Å². The van der Waals surface area contributed by atoms with Crippen molar-refractivity contribution in [1.29, 1.82) is 0 Å². The maximum atomic E-state index is 10.5. The van der Waals surface area contributed by atoms with Gasteiger partial charge < -0.3 is 4.74 Å². The van der Waals surface area contributed by atoms with Crippen LogP contribution in [-0.4, -0.2) is 19.0 Å². The molecule has 0 aliphatic heterocycles. The zero-order chi connectivity index (χ0) is 8.53. The monoisotopic (exact) mass is 176 g/mol. The Kier molecular flexibility index (Phi) is 7.26. The van der Waals surface area contributed by atoms with Crippen LogP contribution in [0.15, 0.2) is 12.2 Å². The first-order chi connectivity index (χ1) is 5.31. The highest BCUT2D eigenvalue weighted by atomic mass is 35.5. The molecule has 0 saturated carbocycles. The third-order valence-electron chi connectivity index (χ3n) is 1.21. The summed E-state index contributed by atoms with van der Waals surface area (Å²) < 4.78 is 4.40. The lowest BCUT2D eigenvalue weighted by atomic mass is 10.2. The van der Waals surface area contributed by atoms with Gasteiger partial charge in [-0.1, -0.05) is 6.08 Å². The van der Waals surface area contributed by atoms with Crippen LogP contribution >= 0.6 is 11.6 Å². The number of hydrogen-bond acceptors (Lipinski definition) is 2. The number of rotatable bonds is 5. The van der Waals surface area contributed by atoms with Crippen LogP contribution in [0.2, 0.25) is 0 Å². The van der Waals surface area contributed by atoms with Gasteiger partial charge in [-0.25, -0.2) is 4.79 Å². The lowest BCUT2D eigenvalue weighted by molar-refractivity contribution is -0.134. The van der Waals surface area contributed by atoms with Gasteiger partial charge in [-0.15, -0.1) is 11.6 Å². The Hall–Kier alpha value is -0.500. The standard InChI is InChI=1S/C8H13ClO2/c1-11-8(10)6-4-2-3-5-7-9/h4,6H,2-3,5,7H2,1H3/b6-4+. The first kappa shape index (κ1) is 10.5. The van der Waals surface area contributed by atoms with Crippen molar-refractivity contribution < 1.29 is 9.53 Å². The van der Waals surface area contributed by atoms with E-state index in [0.29, 0.717) is 5.88 Å². The fourth-order valence-electron chi connectivity index (χ4n) is 0.604. The van der Waals surface area contributed by atoms with E-state index >= 15 is 0 Å². The van der Waals surface area contributed by atoms with Crippen molar-refractivity contribution in [3.05, 3.63) is 12.2 Å². The van der Waals surface area contributed by atoms with E-state index in [4.69, 9.17) is 11.6 Å². The summed E-state index contributed by atoms with van der Waals surface area (Å²) in [5, 5.41) is 0. The fraction of sp³-hybridized carbons (Fsp3) is 0.625. The highest BCUT2D eigenvalue weighted by Gasteiger charge is 1.88.